The number of rotatable bonds is 4. The van der Waals surface area contributed by atoms with Gasteiger partial charge >= 0.3 is 0 Å². The van der Waals surface area contributed by atoms with E-state index in [1.54, 1.807) is 0 Å². The van der Waals surface area contributed by atoms with Crippen LogP contribution in [0.4, 0.5) is 0 Å². The van der Waals surface area contributed by atoms with Crippen LogP contribution >= 0.6 is 0 Å². The zero-order valence-electron chi connectivity index (χ0n) is 16.8. The number of hydrogen-bond acceptors (Lipinski definition) is 2. The number of likely N-dealkylation sites (tertiary alicyclic amines) is 2. The average Bonchev–Trinajstić information content (AvgIpc) is 2.60. The first kappa shape index (κ1) is 19.2. The van der Waals surface area contributed by atoms with Crippen molar-refractivity contribution in [3.63, 3.8) is 0 Å². The molecule has 2 aliphatic heterocycles. The van der Waals surface area contributed by atoms with E-state index in [9.17, 15) is 4.79 Å². The summed E-state index contributed by atoms with van der Waals surface area (Å²) in [4.78, 5) is 16.7. The van der Waals surface area contributed by atoms with E-state index in [1.165, 1.54) is 24.0 Å². The fourth-order valence-corrected chi connectivity index (χ4v) is 4.39. The minimum Gasteiger partial charge on any atom is -0.338 e. The fourth-order valence-electron chi connectivity index (χ4n) is 4.39. The first-order chi connectivity index (χ1) is 12.3. The van der Waals surface area contributed by atoms with Crippen molar-refractivity contribution in [3.8, 4) is 0 Å². The number of carbonyl (C=O) groups is 1. The molecule has 142 valence electrons. The predicted octanol–water partition coefficient (Wildman–Crippen LogP) is 4.37. The number of carbonyl (C=O) groups excluding carboxylic acids is 1. The van der Waals surface area contributed by atoms with Crippen molar-refractivity contribution in [2.24, 2.45) is 5.41 Å². The maximum Gasteiger partial charge on any atom is 0.222 e. The Labute approximate surface area is 159 Å². The Bertz CT molecular complexity index is 633. The number of nitrogens with zero attached hydrogens (tertiary/aromatic N) is 2. The van der Waals surface area contributed by atoms with Crippen molar-refractivity contribution in [3.05, 3.63) is 48.0 Å². The molecule has 0 radical (unpaired) electrons. The highest BCUT2D eigenvalue weighted by atomic mass is 16.2. The lowest BCUT2D eigenvalue weighted by Gasteiger charge is -2.47. The second-order valence-electron chi connectivity index (χ2n) is 9.29. The zero-order valence-corrected chi connectivity index (χ0v) is 16.8. The van der Waals surface area contributed by atoms with Crippen molar-refractivity contribution in [1.29, 1.82) is 0 Å². The Balaban J connectivity index is 1.55. The quantitative estimate of drug-likeness (QED) is 0.750. The zero-order chi connectivity index (χ0) is 18.8. The first-order valence-electron chi connectivity index (χ1n) is 10.0. The van der Waals surface area contributed by atoms with Gasteiger partial charge in [-0.1, -0.05) is 51.1 Å². The van der Waals surface area contributed by atoms with Gasteiger partial charge in [-0.3, -0.25) is 9.69 Å². The van der Waals surface area contributed by atoms with Gasteiger partial charge in [-0.2, -0.15) is 0 Å². The molecule has 3 nitrogen and oxygen atoms in total. The van der Waals surface area contributed by atoms with Gasteiger partial charge in [-0.05, 0) is 54.3 Å². The second kappa shape index (κ2) is 7.56. The molecule has 2 aliphatic rings. The highest BCUT2D eigenvalue weighted by Crippen LogP contribution is 2.40. The summed E-state index contributed by atoms with van der Waals surface area (Å²) >= 11 is 0. The molecule has 0 N–H and O–H groups in total. The van der Waals surface area contributed by atoms with Crippen molar-refractivity contribution in [2.75, 3.05) is 26.2 Å². The van der Waals surface area contributed by atoms with Crippen LogP contribution in [0, 0.1) is 5.41 Å². The molecule has 2 fully saturated rings. The van der Waals surface area contributed by atoms with Crippen LogP contribution in [0.1, 0.15) is 57.6 Å². The summed E-state index contributed by atoms with van der Waals surface area (Å²) in [5.41, 5.74) is 3.35. The van der Waals surface area contributed by atoms with E-state index in [0.717, 1.165) is 32.6 Å². The van der Waals surface area contributed by atoms with E-state index in [1.807, 2.05) is 11.0 Å². The summed E-state index contributed by atoms with van der Waals surface area (Å²) in [6, 6.07) is 9.13. The predicted molar refractivity (Wildman–Crippen MR) is 108 cm³/mol. The number of benzene rings is 1. The smallest absolute Gasteiger partial charge is 0.222 e. The van der Waals surface area contributed by atoms with Crippen LogP contribution in [-0.2, 0) is 16.8 Å². The van der Waals surface area contributed by atoms with Crippen molar-refractivity contribution in [2.45, 2.75) is 58.4 Å². The van der Waals surface area contributed by atoms with Crippen molar-refractivity contribution >= 4 is 5.91 Å². The summed E-state index contributed by atoms with van der Waals surface area (Å²) in [5.74, 6) is 0.303. The summed E-state index contributed by atoms with van der Waals surface area (Å²) in [6.07, 6.45) is 6.03. The van der Waals surface area contributed by atoms with Crippen molar-refractivity contribution in [1.82, 2.24) is 9.80 Å². The van der Waals surface area contributed by atoms with Crippen LogP contribution in [0.3, 0.4) is 0 Å². The van der Waals surface area contributed by atoms with E-state index in [4.69, 9.17) is 0 Å². The van der Waals surface area contributed by atoms with Gasteiger partial charge in [-0.15, -0.1) is 6.58 Å². The number of piperidine rings is 2. The molecule has 1 aromatic rings. The fraction of sp³-hybridized carbons (Fsp3) is 0.609. The van der Waals surface area contributed by atoms with Crippen molar-refractivity contribution < 1.29 is 4.79 Å². The molecule has 0 unspecified atom stereocenters. The maximum absolute atomic E-state index is 12.1. The summed E-state index contributed by atoms with van der Waals surface area (Å²) in [5, 5.41) is 0. The number of amides is 1. The molecule has 1 spiro atoms. The normalized spacial score (nSPS) is 21.2. The van der Waals surface area contributed by atoms with Gasteiger partial charge in [0.2, 0.25) is 5.91 Å². The lowest BCUT2D eigenvalue weighted by atomic mass is 9.72. The Morgan fingerprint density at radius 2 is 1.77 bits per heavy atom. The molecule has 26 heavy (non-hydrogen) atoms. The van der Waals surface area contributed by atoms with E-state index in [0.29, 0.717) is 24.3 Å². The van der Waals surface area contributed by atoms with Gasteiger partial charge in [0.15, 0.2) is 0 Å². The molecule has 3 heteroatoms. The molecule has 1 aromatic carbocycles. The third kappa shape index (κ3) is 4.37. The largest absolute Gasteiger partial charge is 0.338 e. The van der Waals surface area contributed by atoms with Crippen LogP contribution in [0.25, 0.3) is 0 Å². The minimum absolute atomic E-state index is 0.214. The van der Waals surface area contributed by atoms with E-state index >= 15 is 0 Å². The molecule has 0 saturated carbocycles. The topological polar surface area (TPSA) is 23.6 Å². The van der Waals surface area contributed by atoms with Crippen LogP contribution in [-0.4, -0.2) is 41.9 Å². The summed E-state index contributed by atoms with van der Waals surface area (Å²) < 4.78 is 0. The molecule has 1 amide bonds. The van der Waals surface area contributed by atoms with Gasteiger partial charge in [0.05, 0.1) is 0 Å². The SMILES string of the molecule is C=CCN1CC2(CCC1=O)CCN(Cc1ccc(C(C)(C)C)cc1)CC2. The Morgan fingerprint density at radius 1 is 1.12 bits per heavy atom. The Morgan fingerprint density at radius 3 is 2.35 bits per heavy atom. The van der Waals surface area contributed by atoms with Gasteiger partial charge < -0.3 is 4.90 Å². The van der Waals surface area contributed by atoms with Crippen LogP contribution in [0.2, 0.25) is 0 Å². The summed E-state index contributed by atoms with van der Waals surface area (Å²) in [7, 11) is 0. The molecule has 0 bridgehead atoms. The third-order valence-corrected chi connectivity index (χ3v) is 6.24. The van der Waals surface area contributed by atoms with Gasteiger partial charge in [-0.25, -0.2) is 0 Å². The molecule has 0 aromatic heterocycles. The van der Waals surface area contributed by atoms with E-state index in [2.05, 4.69) is 56.5 Å². The van der Waals surface area contributed by atoms with Gasteiger partial charge in [0.25, 0.3) is 0 Å². The molecule has 3 rings (SSSR count). The first-order valence-corrected chi connectivity index (χ1v) is 10.0. The number of hydrogen-bond donors (Lipinski definition) is 0. The third-order valence-electron chi connectivity index (χ3n) is 6.24. The molecular weight excluding hydrogens is 320 g/mol. The molecular formula is C23H34N2O. The highest BCUT2D eigenvalue weighted by molar-refractivity contribution is 5.77. The Hall–Kier alpha value is -1.61. The lowest BCUT2D eigenvalue weighted by Crippen LogP contribution is -2.51. The van der Waals surface area contributed by atoms with Gasteiger partial charge in [0, 0.05) is 26.1 Å². The highest BCUT2D eigenvalue weighted by Gasteiger charge is 2.40. The van der Waals surface area contributed by atoms with E-state index < -0.39 is 0 Å². The molecule has 2 saturated heterocycles. The molecule has 0 atom stereocenters. The van der Waals surface area contributed by atoms with Crippen LogP contribution in [0.15, 0.2) is 36.9 Å². The van der Waals surface area contributed by atoms with Crippen LogP contribution in [0.5, 0.6) is 0 Å². The minimum atomic E-state index is 0.214. The Kier molecular flexibility index (Phi) is 5.57. The van der Waals surface area contributed by atoms with Crippen LogP contribution < -0.4 is 0 Å². The molecule has 0 aliphatic carbocycles. The average molecular weight is 355 g/mol. The standard InChI is InChI=1S/C23H34N2O/c1-5-14-25-18-23(11-10-21(25)26)12-15-24(16-13-23)17-19-6-8-20(9-7-19)22(2,3)4/h5-9H,1,10-18H2,2-4H3. The maximum atomic E-state index is 12.1. The monoisotopic (exact) mass is 354 g/mol. The van der Waals surface area contributed by atoms with E-state index in [-0.39, 0.29) is 5.41 Å². The second-order valence-corrected chi connectivity index (χ2v) is 9.29. The van der Waals surface area contributed by atoms with Gasteiger partial charge in [0.1, 0.15) is 0 Å². The molecule has 2 heterocycles. The lowest BCUT2D eigenvalue weighted by molar-refractivity contribution is -0.138. The summed E-state index contributed by atoms with van der Waals surface area (Å²) in [6.45, 7) is 15.5.